The lowest BCUT2D eigenvalue weighted by molar-refractivity contribution is -0.138. The quantitative estimate of drug-likeness (QED) is 0.751. The Morgan fingerprint density at radius 2 is 1.52 bits per heavy atom. The normalized spacial score (nSPS) is 28.3. The van der Waals surface area contributed by atoms with E-state index in [-0.39, 0.29) is 23.8 Å². The van der Waals surface area contributed by atoms with Gasteiger partial charge in [-0.3, -0.25) is 0 Å². The Balaban J connectivity index is 2.33. The SMILES string of the molecule is COC(=O)C1=CC[C@H]2C(C(=O)OC)=CC[C@@H](C(C)C)C[C@H]12. The third kappa shape index (κ3) is 3.04. The standard InChI is InChI=1S/C17H24O4/c1-10(2)11-5-6-13(16(18)20-3)12-7-8-14(15(12)9-11)17(19)21-4/h6,8,10-12,15H,5,7,9H2,1-4H3/t11-,12+,15+/m1/s1. The van der Waals surface area contributed by atoms with Crippen LogP contribution in [-0.2, 0) is 19.1 Å². The molecule has 3 atom stereocenters. The maximum atomic E-state index is 12.1. The van der Waals surface area contributed by atoms with Gasteiger partial charge >= 0.3 is 11.9 Å². The fraction of sp³-hybridized carbons (Fsp3) is 0.647. The summed E-state index contributed by atoms with van der Waals surface area (Å²) in [6, 6.07) is 0. The number of ether oxygens (including phenoxy) is 2. The van der Waals surface area contributed by atoms with E-state index in [9.17, 15) is 9.59 Å². The Morgan fingerprint density at radius 3 is 2.05 bits per heavy atom. The van der Waals surface area contributed by atoms with Crippen molar-refractivity contribution in [2.75, 3.05) is 14.2 Å². The summed E-state index contributed by atoms with van der Waals surface area (Å²) >= 11 is 0. The molecule has 0 saturated heterocycles. The minimum Gasteiger partial charge on any atom is -0.466 e. The first-order chi connectivity index (χ1) is 9.99. The average Bonchev–Trinajstić information content (AvgIpc) is 2.78. The van der Waals surface area contributed by atoms with Crippen molar-refractivity contribution in [3.8, 4) is 0 Å². The molecular weight excluding hydrogens is 268 g/mol. The molecule has 0 aromatic carbocycles. The molecule has 4 nitrogen and oxygen atoms in total. The smallest absolute Gasteiger partial charge is 0.333 e. The molecule has 0 aliphatic heterocycles. The van der Waals surface area contributed by atoms with Crippen LogP contribution in [0.25, 0.3) is 0 Å². The molecule has 0 N–H and O–H groups in total. The molecule has 0 spiro atoms. The fourth-order valence-electron chi connectivity index (χ4n) is 3.52. The molecule has 0 saturated carbocycles. The third-order valence-corrected chi connectivity index (χ3v) is 4.86. The summed E-state index contributed by atoms with van der Waals surface area (Å²) in [5.41, 5.74) is 1.45. The Labute approximate surface area is 126 Å². The van der Waals surface area contributed by atoms with Crippen molar-refractivity contribution in [3.05, 3.63) is 23.3 Å². The summed E-state index contributed by atoms with van der Waals surface area (Å²) < 4.78 is 9.82. The lowest BCUT2D eigenvalue weighted by atomic mass is 9.79. The van der Waals surface area contributed by atoms with E-state index in [2.05, 4.69) is 13.8 Å². The van der Waals surface area contributed by atoms with Gasteiger partial charge in [-0.05, 0) is 37.0 Å². The molecule has 116 valence electrons. The van der Waals surface area contributed by atoms with Crippen molar-refractivity contribution in [3.63, 3.8) is 0 Å². The zero-order valence-electron chi connectivity index (χ0n) is 13.2. The minimum absolute atomic E-state index is 0.0512. The van der Waals surface area contributed by atoms with Gasteiger partial charge in [-0.25, -0.2) is 9.59 Å². The van der Waals surface area contributed by atoms with Crippen LogP contribution in [0.5, 0.6) is 0 Å². The van der Waals surface area contributed by atoms with Crippen molar-refractivity contribution >= 4 is 11.9 Å². The predicted octanol–water partition coefficient (Wildman–Crippen LogP) is 2.89. The van der Waals surface area contributed by atoms with Crippen molar-refractivity contribution in [1.82, 2.24) is 0 Å². The summed E-state index contributed by atoms with van der Waals surface area (Å²) in [6.45, 7) is 4.38. The Morgan fingerprint density at radius 1 is 1.00 bits per heavy atom. The number of hydrogen-bond donors (Lipinski definition) is 0. The monoisotopic (exact) mass is 292 g/mol. The van der Waals surface area contributed by atoms with Crippen molar-refractivity contribution in [1.29, 1.82) is 0 Å². The third-order valence-electron chi connectivity index (χ3n) is 4.86. The van der Waals surface area contributed by atoms with Crippen molar-refractivity contribution in [2.24, 2.45) is 23.7 Å². The maximum Gasteiger partial charge on any atom is 0.333 e. The molecule has 0 heterocycles. The van der Waals surface area contributed by atoms with Gasteiger partial charge in [-0.1, -0.05) is 26.0 Å². The highest BCUT2D eigenvalue weighted by atomic mass is 16.5. The van der Waals surface area contributed by atoms with Crippen LogP contribution in [0.4, 0.5) is 0 Å². The Hall–Kier alpha value is -1.58. The number of fused-ring (bicyclic) bond motifs is 1. The lowest BCUT2D eigenvalue weighted by Crippen LogP contribution is -2.24. The van der Waals surface area contributed by atoms with E-state index >= 15 is 0 Å². The number of methoxy groups -OCH3 is 2. The van der Waals surface area contributed by atoms with Crippen LogP contribution in [0.2, 0.25) is 0 Å². The number of carbonyl (C=O) groups excluding carboxylic acids is 2. The zero-order chi connectivity index (χ0) is 15.6. The first kappa shape index (κ1) is 15.8. The highest BCUT2D eigenvalue weighted by Crippen LogP contribution is 2.45. The average molecular weight is 292 g/mol. The molecular formula is C17H24O4. The molecule has 2 aliphatic carbocycles. The molecule has 0 radical (unpaired) electrons. The molecule has 4 heteroatoms. The second kappa shape index (κ2) is 6.46. The number of esters is 2. The molecule has 0 aromatic rings. The van der Waals surface area contributed by atoms with Crippen LogP contribution in [0, 0.1) is 23.7 Å². The predicted molar refractivity (Wildman–Crippen MR) is 79.4 cm³/mol. The largest absolute Gasteiger partial charge is 0.466 e. The number of allylic oxidation sites excluding steroid dienone is 2. The molecule has 0 amide bonds. The molecule has 0 bridgehead atoms. The van der Waals surface area contributed by atoms with Gasteiger partial charge in [0.1, 0.15) is 0 Å². The molecule has 2 rings (SSSR count). The van der Waals surface area contributed by atoms with Crippen LogP contribution in [0.3, 0.4) is 0 Å². The summed E-state index contributed by atoms with van der Waals surface area (Å²) in [5.74, 6) is 0.558. The highest BCUT2D eigenvalue weighted by molar-refractivity contribution is 5.93. The minimum atomic E-state index is -0.270. The van der Waals surface area contributed by atoms with Gasteiger partial charge < -0.3 is 9.47 Å². The van der Waals surface area contributed by atoms with Crippen molar-refractivity contribution < 1.29 is 19.1 Å². The fourth-order valence-corrected chi connectivity index (χ4v) is 3.52. The van der Waals surface area contributed by atoms with E-state index in [0.29, 0.717) is 18.3 Å². The first-order valence-corrected chi connectivity index (χ1v) is 7.56. The van der Waals surface area contributed by atoms with E-state index in [1.54, 1.807) is 0 Å². The number of hydrogen-bond acceptors (Lipinski definition) is 4. The van der Waals surface area contributed by atoms with Crippen molar-refractivity contribution in [2.45, 2.75) is 33.1 Å². The molecule has 0 fully saturated rings. The van der Waals surface area contributed by atoms with E-state index in [0.717, 1.165) is 24.0 Å². The van der Waals surface area contributed by atoms with Crippen LogP contribution >= 0.6 is 0 Å². The molecule has 2 aliphatic rings. The van der Waals surface area contributed by atoms with Crippen LogP contribution in [-0.4, -0.2) is 26.2 Å². The summed E-state index contributed by atoms with van der Waals surface area (Å²) in [6.07, 6.45) is 6.44. The first-order valence-electron chi connectivity index (χ1n) is 7.56. The number of rotatable bonds is 3. The van der Waals surface area contributed by atoms with Gasteiger partial charge in [0.15, 0.2) is 0 Å². The maximum absolute atomic E-state index is 12.1. The summed E-state index contributed by atoms with van der Waals surface area (Å²) in [5, 5.41) is 0. The van der Waals surface area contributed by atoms with Gasteiger partial charge in [0, 0.05) is 17.1 Å². The second-order valence-electron chi connectivity index (χ2n) is 6.23. The van der Waals surface area contributed by atoms with Gasteiger partial charge in [-0.15, -0.1) is 0 Å². The van der Waals surface area contributed by atoms with Crippen LogP contribution < -0.4 is 0 Å². The molecule has 0 aromatic heterocycles. The highest BCUT2D eigenvalue weighted by Gasteiger charge is 2.41. The molecule has 21 heavy (non-hydrogen) atoms. The molecule has 0 unspecified atom stereocenters. The topological polar surface area (TPSA) is 52.6 Å². The van der Waals surface area contributed by atoms with E-state index < -0.39 is 0 Å². The summed E-state index contributed by atoms with van der Waals surface area (Å²) in [4.78, 5) is 24.0. The number of carbonyl (C=O) groups is 2. The lowest BCUT2D eigenvalue weighted by Gasteiger charge is -2.25. The van der Waals surface area contributed by atoms with Gasteiger partial charge in [0.25, 0.3) is 0 Å². The van der Waals surface area contributed by atoms with Crippen LogP contribution in [0.15, 0.2) is 23.3 Å². The zero-order valence-corrected chi connectivity index (χ0v) is 13.2. The van der Waals surface area contributed by atoms with Gasteiger partial charge in [0.2, 0.25) is 0 Å². The Bertz CT molecular complexity index is 487. The van der Waals surface area contributed by atoms with Crippen LogP contribution in [0.1, 0.15) is 33.1 Å². The van der Waals surface area contributed by atoms with E-state index in [1.165, 1.54) is 14.2 Å². The van der Waals surface area contributed by atoms with E-state index in [1.807, 2.05) is 12.2 Å². The van der Waals surface area contributed by atoms with Gasteiger partial charge in [-0.2, -0.15) is 0 Å². The summed E-state index contributed by atoms with van der Waals surface area (Å²) in [7, 11) is 2.82. The van der Waals surface area contributed by atoms with Gasteiger partial charge in [0.05, 0.1) is 14.2 Å². The second-order valence-corrected chi connectivity index (χ2v) is 6.23. The Kier molecular flexibility index (Phi) is 4.86. The van der Waals surface area contributed by atoms with E-state index in [4.69, 9.17) is 9.47 Å².